The van der Waals surface area contributed by atoms with Gasteiger partial charge in [-0.2, -0.15) is 18.3 Å². The van der Waals surface area contributed by atoms with E-state index in [2.05, 4.69) is 15.4 Å². The van der Waals surface area contributed by atoms with Crippen LogP contribution in [0.15, 0.2) is 73.1 Å². The normalized spacial score (nSPS) is 15.1. The number of carbonyl (C=O) groups excluding carboxylic acids is 1. The molecule has 2 atom stereocenters. The van der Waals surface area contributed by atoms with Gasteiger partial charge in [-0.25, -0.2) is 9.07 Å². The number of rotatable bonds is 9. The predicted octanol–water partition coefficient (Wildman–Crippen LogP) is 5.40. The number of hydrogen-bond donors (Lipinski definition) is 3. The van der Waals surface area contributed by atoms with Crippen LogP contribution < -0.4 is 16.8 Å². The number of halogens is 4. The molecule has 7 nitrogen and oxygen atoms in total. The van der Waals surface area contributed by atoms with Gasteiger partial charge in [0.2, 0.25) is 0 Å². The van der Waals surface area contributed by atoms with Crippen LogP contribution in [0.3, 0.4) is 0 Å². The van der Waals surface area contributed by atoms with Crippen LogP contribution >= 0.6 is 0 Å². The van der Waals surface area contributed by atoms with E-state index in [0.717, 1.165) is 23.1 Å². The van der Waals surface area contributed by atoms with Crippen LogP contribution in [0.2, 0.25) is 0 Å². The fourth-order valence-corrected chi connectivity index (χ4v) is 4.77. The van der Waals surface area contributed by atoms with E-state index >= 15 is 0 Å². The van der Waals surface area contributed by atoms with E-state index in [4.69, 9.17) is 11.5 Å². The highest BCUT2D eigenvalue weighted by Crippen LogP contribution is 2.39. The first-order chi connectivity index (χ1) is 19.1. The Labute approximate surface area is 228 Å². The molecule has 2 heterocycles. The van der Waals surface area contributed by atoms with Gasteiger partial charge in [0, 0.05) is 37.0 Å². The summed E-state index contributed by atoms with van der Waals surface area (Å²) in [5.74, 6) is -1.48. The number of pyridine rings is 1. The molecule has 40 heavy (non-hydrogen) atoms. The van der Waals surface area contributed by atoms with Crippen molar-refractivity contribution in [1.82, 2.24) is 14.8 Å². The van der Waals surface area contributed by atoms with Gasteiger partial charge < -0.3 is 16.8 Å². The van der Waals surface area contributed by atoms with Gasteiger partial charge in [-0.15, -0.1) is 0 Å². The molecule has 0 bridgehead atoms. The average molecular weight is 553 g/mol. The van der Waals surface area contributed by atoms with E-state index in [9.17, 15) is 22.4 Å². The zero-order valence-electron chi connectivity index (χ0n) is 21.4. The first-order valence-electron chi connectivity index (χ1n) is 12.9. The Kier molecular flexibility index (Phi) is 7.68. The lowest BCUT2D eigenvalue weighted by atomic mass is 9.85. The smallest absolute Gasteiger partial charge is 0.327 e. The van der Waals surface area contributed by atoms with Crippen LogP contribution in [0.1, 0.15) is 58.1 Å². The molecule has 1 aliphatic carbocycles. The van der Waals surface area contributed by atoms with Gasteiger partial charge in [-0.3, -0.25) is 9.78 Å². The third kappa shape index (κ3) is 6.05. The third-order valence-electron chi connectivity index (χ3n) is 7.09. The minimum absolute atomic E-state index is 0.0623. The van der Waals surface area contributed by atoms with Crippen molar-refractivity contribution in [3.63, 3.8) is 0 Å². The maximum Gasteiger partial charge on any atom is 0.435 e. The van der Waals surface area contributed by atoms with E-state index < -0.39 is 29.3 Å². The van der Waals surface area contributed by atoms with Crippen molar-refractivity contribution in [3.05, 3.63) is 107 Å². The van der Waals surface area contributed by atoms with Gasteiger partial charge in [0.25, 0.3) is 5.91 Å². The molecule has 1 aliphatic rings. The second-order valence-corrected chi connectivity index (χ2v) is 9.97. The molecule has 1 unspecified atom stereocenters. The molecular formula is C29H28F4N6O. The SMILES string of the molecule is NCc1cccc(-n2nc(C(F)(F)F)cc2C(=O)Nc2cc(C(C[C@H](N)C3CC3)c3cccnc3)ccc2F)c1. The molecule has 0 spiro atoms. The van der Waals surface area contributed by atoms with Crippen LogP contribution in [0, 0.1) is 11.7 Å². The topological polar surface area (TPSA) is 112 Å². The van der Waals surface area contributed by atoms with Crippen LogP contribution in [0.25, 0.3) is 5.69 Å². The van der Waals surface area contributed by atoms with Gasteiger partial charge >= 0.3 is 6.18 Å². The van der Waals surface area contributed by atoms with E-state index in [1.54, 1.807) is 36.7 Å². The summed E-state index contributed by atoms with van der Waals surface area (Å²) in [7, 11) is 0. The zero-order valence-corrected chi connectivity index (χ0v) is 21.4. The molecular weight excluding hydrogens is 524 g/mol. The molecule has 4 aromatic rings. The summed E-state index contributed by atoms with van der Waals surface area (Å²) >= 11 is 0. The third-order valence-corrected chi connectivity index (χ3v) is 7.09. The maximum atomic E-state index is 15.0. The Hall–Kier alpha value is -4.09. The Balaban J connectivity index is 1.49. The number of hydrogen-bond acceptors (Lipinski definition) is 5. The van der Waals surface area contributed by atoms with E-state index in [1.807, 2.05) is 6.07 Å². The number of carbonyl (C=O) groups is 1. The second-order valence-electron chi connectivity index (χ2n) is 9.97. The monoisotopic (exact) mass is 552 g/mol. The van der Waals surface area contributed by atoms with Crippen molar-refractivity contribution < 1.29 is 22.4 Å². The summed E-state index contributed by atoms with van der Waals surface area (Å²) in [6.07, 6.45) is 1.29. The van der Waals surface area contributed by atoms with Crippen LogP contribution in [0.5, 0.6) is 0 Å². The fourth-order valence-electron chi connectivity index (χ4n) is 4.77. The molecule has 2 aromatic carbocycles. The van der Waals surface area contributed by atoms with E-state index in [1.165, 1.54) is 24.3 Å². The van der Waals surface area contributed by atoms with Crippen molar-refractivity contribution in [3.8, 4) is 5.69 Å². The molecule has 11 heteroatoms. The largest absolute Gasteiger partial charge is 0.435 e. The summed E-state index contributed by atoms with van der Waals surface area (Å²) < 4.78 is 56.5. The van der Waals surface area contributed by atoms with Crippen LogP contribution in [-0.4, -0.2) is 26.7 Å². The van der Waals surface area contributed by atoms with Gasteiger partial charge in [0.1, 0.15) is 11.5 Å². The number of aromatic nitrogens is 3. The number of nitrogens with one attached hydrogen (secondary N) is 1. The Bertz CT molecular complexity index is 1500. The minimum atomic E-state index is -4.80. The summed E-state index contributed by atoms with van der Waals surface area (Å²) in [6, 6.07) is 15.0. The number of nitrogens with two attached hydrogens (primary N) is 2. The highest BCUT2D eigenvalue weighted by atomic mass is 19.4. The van der Waals surface area contributed by atoms with Crippen molar-refractivity contribution in [2.24, 2.45) is 17.4 Å². The molecule has 5 rings (SSSR count). The molecule has 1 saturated carbocycles. The molecule has 0 aliphatic heterocycles. The number of amides is 1. The van der Waals surface area contributed by atoms with Crippen molar-refractivity contribution >= 4 is 11.6 Å². The van der Waals surface area contributed by atoms with Gasteiger partial charge in [0.05, 0.1) is 11.4 Å². The summed E-state index contributed by atoms with van der Waals surface area (Å²) in [4.78, 5) is 17.5. The standard InChI is InChI=1S/C29H28F4N6O/c30-23-9-8-19(22(13-24(35)18-6-7-18)20-4-2-10-36-16-20)12-25(23)37-28(40)26-14-27(29(31,32)33)38-39(26)21-5-1-3-17(11-21)15-34/h1-5,8-12,14,16,18,22,24H,6-7,13,15,34-35H2,(H,37,40)/t22?,24-/m0/s1. The van der Waals surface area contributed by atoms with Gasteiger partial charge in [-0.1, -0.05) is 24.3 Å². The number of nitrogens with zero attached hydrogens (tertiary/aromatic N) is 3. The molecule has 1 fully saturated rings. The summed E-state index contributed by atoms with van der Waals surface area (Å²) in [5, 5.41) is 6.08. The zero-order chi connectivity index (χ0) is 28.4. The van der Waals surface area contributed by atoms with Gasteiger partial charge in [0.15, 0.2) is 5.69 Å². The molecule has 208 valence electrons. The Morgan fingerprint density at radius 1 is 1.07 bits per heavy atom. The molecule has 2 aromatic heterocycles. The number of anilines is 1. The molecule has 0 radical (unpaired) electrons. The minimum Gasteiger partial charge on any atom is -0.327 e. The van der Waals surface area contributed by atoms with E-state index in [0.29, 0.717) is 29.5 Å². The Morgan fingerprint density at radius 2 is 1.88 bits per heavy atom. The van der Waals surface area contributed by atoms with Crippen molar-refractivity contribution in [2.45, 2.75) is 43.9 Å². The second kappa shape index (κ2) is 11.2. The quantitative estimate of drug-likeness (QED) is 0.241. The lowest BCUT2D eigenvalue weighted by Gasteiger charge is -2.22. The van der Waals surface area contributed by atoms with Crippen LogP contribution in [-0.2, 0) is 12.7 Å². The Morgan fingerprint density at radius 3 is 2.55 bits per heavy atom. The number of benzene rings is 2. The highest BCUT2D eigenvalue weighted by molar-refractivity contribution is 6.03. The average Bonchev–Trinajstić information content (AvgIpc) is 3.70. The van der Waals surface area contributed by atoms with Crippen molar-refractivity contribution in [2.75, 3.05) is 5.32 Å². The van der Waals surface area contributed by atoms with Crippen LogP contribution in [0.4, 0.5) is 23.2 Å². The molecule has 5 N–H and O–H groups in total. The number of alkyl halides is 3. The first kappa shape index (κ1) is 27.5. The fraction of sp³-hybridized carbons (Fsp3) is 0.276. The lowest BCUT2D eigenvalue weighted by Crippen LogP contribution is -2.25. The summed E-state index contributed by atoms with van der Waals surface area (Å²) in [5.41, 5.74) is 12.7. The highest BCUT2D eigenvalue weighted by Gasteiger charge is 2.36. The lowest BCUT2D eigenvalue weighted by molar-refractivity contribution is -0.141. The first-order valence-corrected chi connectivity index (χ1v) is 12.9. The summed E-state index contributed by atoms with van der Waals surface area (Å²) in [6.45, 7) is 0.142. The predicted molar refractivity (Wildman–Crippen MR) is 142 cm³/mol. The molecule has 1 amide bonds. The van der Waals surface area contributed by atoms with Gasteiger partial charge in [-0.05, 0) is 72.2 Å². The van der Waals surface area contributed by atoms with Crippen molar-refractivity contribution in [1.29, 1.82) is 0 Å². The maximum absolute atomic E-state index is 15.0. The molecule has 0 saturated heterocycles. The van der Waals surface area contributed by atoms with E-state index in [-0.39, 0.29) is 29.9 Å².